The van der Waals surface area contributed by atoms with Crippen LogP contribution in [-0.4, -0.2) is 11.5 Å². The fourth-order valence-electron chi connectivity index (χ4n) is 2.39. The van der Waals surface area contributed by atoms with E-state index in [9.17, 15) is 0 Å². The van der Waals surface area contributed by atoms with E-state index < -0.39 is 0 Å². The molecular weight excluding hydrogens is 256 g/mol. The van der Waals surface area contributed by atoms with E-state index in [-0.39, 0.29) is 0 Å². The van der Waals surface area contributed by atoms with Crippen LogP contribution in [0.5, 0.6) is 5.75 Å². The zero-order chi connectivity index (χ0) is 13.2. The van der Waals surface area contributed by atoms with Gasteiger partial charge in [0.2, 0.25) is 0 Å². The quantitative estimate of drug-likeness (QED) is 0.926. The number of nitrogens with one attached hydrogen (secondary N) is 1. The number of ether oxygens (including phenoxy) is 1. The Morgan fingerprint density at radius 1 is 1.26 bits per heavy atom. The van der Waals surface area contributed by atoms with Crippen molar-refractivity contribution in [3.8, 4) is 5.75 Å². The van der Waals surface area contributed by atoms with Crippen LogP contribution >= 0.6 is 11.3 Å². The second-order valence-corrected chi connectivity index (χ2v) is 6.19. The first-order chi connectivity index (χ1) is 9.20. The summed E-state index contributed by atoms with van der Waals surface area (Å²) >= 11 is 1.76. The van der Waals surface area contributed by atoms with E-state index in [1.807, 2.05) is 0 Å². The van der Waals surface area contributed by atoms with E-state index in [4.69, 9.17) is 4.74 Å². The van der Waals surface area contributed by atoms with Gasteiger partial charge in [-0.1, -0.05) is 6.07 Å². The maximum absolute atomic E-state index is 5.85. The summed E-state index contributed by atoms with van der Waals surface area (Å²) in [4.78, 5) is 5.96. The van der Waals surface area contributed by atoms with Crippen LogP contribution in [0.1, 0.15) is 27.4 Å². The highest BCUT2D eigenvalue weighted by Crippen LogP contribution is 2.28. The van der Waals surface area contributed by atoms with Crippen molar-refractivity contribution >= 4 is 17.2 Å². The molecule has 1 aromatic carbocycles. The highest BCUT2D eigenvalue weighted by atomic mass is 32.1. The number of nitrogens with zero attached hydrogens (tertiary/aromatic N) is 1. The van der Waals surface area contributed by atoms with Crippen LogP contribution < -0.4 is 10.1 Å². The van der Waals surface area contributed by atoms with Gasteiger partial charge in [-0.3, -0.25) is 0 Å². The van der Waals surface area contributed by atoms with Crippen LogP contribution in [0.3, 0.4) is 0 Å². The van der Waals surface area contributed by atoms with Crippen molar-refractivity contribution in [3.63, 3.8) is 0 Å². The Kier molecular flexibility index (Phi) is 3.42. The number of benzene rings is 1. The van der Waals surface area contributed by atoms with Crippen LogP contribution in [0.15, 0.2) is 18.2 Å². The summed E-state index contributed by atoms with van der Waals surface area (Å²) in [6.45, 7) is 5.77. The van der Waals surface area contributed by atoms with Crippen LogP contribution in [0.4, 0.5) is 5.82 Å². The normalized spacial score (nSPS) is 13.8. The standard InChI is InChI=1S/C15H18N2OS/c1-10-6-11(2)8-12(7-10)18-9-14-17-15-13(19-14)4-3-5-16-15/h6-8,16H,3-5,9H2,1-2H3. The van der Waals surface area contributed by atoms with Gasteiger partial charge in [-0.15, -0.1) is 11.3 Å². The van der Waals surface area contributed by atoms with Gasteiger partial charge in [0.25, 0.3) is 0 Å². The zero-order valence-electron chi connectivity index (χ0n) is 11.3. The highest BCUT2D eigenvalue weighted by molar-refractivity contribution is 7.12. The first-order valence-corrected chi connectivity index (χ1v) is 7.46. The number of aromatic nitrogens is 1. The van der Waals surface area contributed by atoms with Crippen molar-refractivity contribution in [1.82, 2.24) is 4.98 Å². The average molecular weight is 274 g/mol. The molecule has 0 amide bonds. The molecule has 1 aliphatic rings. The lowest BCUT2D eigenvalue weighted by molar-refractivity contribution is 0.305. The predicted molar refractivity (Wildman–Crippen MR) is 79.2 cm³/mol. The second kappa shape index (κ2) is 5.21. The summed E-state index contributed by atoms with van der Waals surface area (Å²) in [6.07, 6.45) is 2.34. The van der Waals surface area contributed by atoms with Crippen LogP contribution in [-0.2, 0) is 13.0 Å². The molecular formula is C15H18N2OS. The molecule has 0 saturated carbocycles. The van der Waals surface area contributed by atoms with Gasteiger partial charge in [0.05, 0.1) is 0 Å². The summed E-state index contributed by atoms with van der Waals surface area (Å²) in [7, 11) is 0. The Morgan fingerprint density at radius 3 is 2.79 bits per heavy atom. The second-order valence-electron chi connectivity index (χ2n) is 5.02. The minimum atomic E-state index is 0.558. The van der Waals surface area contributed by atoms with Crippen LogP contribution in [0.2, 0.25) is 0 Å². The largest absolute Gasteiger partial charge is 0.486 e. The molecule has 100 valence electrons. The number of aryl methyl sites for hydroxylation is 3. The maximum atomic E-state index is 5.85. The smallest absolute Gasteiger partial charge is 0.140 e. The first kappa shape index (κ1) is 12.5. The number of hydrogen-bond donors (Lipinski definition) is 1. The number of hydrogen-bond acceptors (Lipinski definition) is 4. The third-order valence-corrected chi connectivity index (χ3v) is 4.26. The van der Waals surface area contributed by atoms with E-state index in [1.54, 1.807) is 11.3 Å². The SMILES string of the molecule is Cc1cc(C)cc(OCc2nc3c(s2)CCCN3)c1. The van der Waals surface area contributed by atoms with E-state index in [0.29, 0.717) is 6.61 Å². The molecule has 19 heavy (non-hydrogen) atoms. The van der Waals surface area contributed by atoms with Crippen molar-refractivity contribution < 1.29 is 4.74 Å². The third-order valence-electron chi connectivity index (χ3n) is 3.17. The van der Waals surface area contributed by atoms with Gasteiger partial charge in [0.15, 0.2) is 0 Å². The molecule has 0 saturated heterocycles. The Labute approximate surface area is 117 Å². The minimum Gasteiger partial charge on any atom is -0.486 e. The summed E-state index contributed by atoms with van der Waals surface area (Å²) in [5, 5.41) is 4.40. The molecule has 2 heterocycles. The molecule has 2 aromatic rings. The van der Waals surface area contributed by atoms with Gasteiger partial charge in [0, 0.05) is 11.4 Å². The lowest BCUT2D eigenvalue weighted by atomic mass is 10.1. The lowest BCUT2D eigenvalue weighted by Gasteiger charge is -2.10. The third kappa shape index (κ3) is 2.89. The Bertz CT molecular complexity index is 548. The van der Waals surface area contributed by atoms with Gasteiger partial charge in [-0.2, -0.15) is 0 Å². The van der Waals surface area contributed by atoms with E-state index in [2.05, 4.69) is 42.3 Å². The van der Waals surface area contributed by atoms with Crippen LogP contribution in [0.25, 0.3) is 0 Å². The fourth-order valence-corrected chi connectivity index (χ4v) is 3.39. The molecule has 3 nitrogen and oxygen atoms in total. The fraction of sp³-hybridized carbons (Fsp3) is 0.400. The number of fused-ring (bicyclic) bond motifs is 1. The molecule has 3 rings (SSSR count). The molecule has 0 bridgehead atoms. The van der Waals surface area contributed by atoms with Gasteiger partial charge in [0.1, 0.15) is 23.2 Å². The molecule has 1 N–H and O–H groups in total. The molecule has 0 fully saturated rings. The van der Waals surface area contributed by atoms with E-state index in [0.717, 1.165) is 29.5 Å². The van der Waals surface area contributed by atoms with Crippen LogP contribution in [0, 0.1) is 13.8 Å². The van der Waals surface area contributed by atoms with Gasteiger partial charge in [-0.25, -0.2) is 4.98 Å². The van der Waals surface area contributed by atoms with E-state index in [1.165, 1.54) is 22.4 Å². The monoisotopic (exact) mass is 274 g/mol. The summed E-state index contributed by atoms with van der Waals surface area (Å²) in [5.41, 5.74) is 2.46. The molecule has 0 unspecified atom stereocenters. The van der Waals surface area contributed by atoms with Gasteiger partial charge < -0.3 is 10.1 Å². The van der Waals surface area contributed by atoms with Crippen molar-refractivity contribution in [2.75, 3.05) is 11.9 Å². The Balaban J connectivity index is 1.70. The highest BCUT2D eigenvalue weighted by Gasteiger charge is 2.14. The molecule has 1 aliphatic heterocycles. The Morgan fingerprint density at radius 2 is 2.05 bits per heavy atom. The van der Waals surface area contributed by atoms with E-state index >= 15 is 0 Å². The van der Waals surface area contributed by atoms with Gasteiger partial charge >= 0.3 is 0 Å². The van der Waals surface area contributed by atoms with Crippen molar-refractivity contribution in [3.05, 3.63) is 39.2 Å². The predicted octanol–water partition coefficient (Wildman–Crippen LogP) is 3.70. The zero-order valence-corrected chi connectivity index (χ0v) is 12.1. The molecule has 0 aliphatic carbocycles. The topological polar surface area (TPSA) is 34.1 Å². The first-order valence-electron chi connectivity index (χ1n) is 6.64. The lowest BCUT2D eigenvalue weighted by Crippen LogP contribution is -2.10. The molecule has 1 aromatic heterocycles. The average Bonchev–Trinajstić information content (AvgIpc) is 2.78. The van der Waals surface area contributed by atoms with Gasteiger partial charge in [-0.05, 0) is 49.9 Å². The summed E-state index contributed by atoms with van der Waals surface area (Å²) in [6, 6.07) is 6.29. The number of rotatable bonds is 3. The minimum absolute atomic E-state index is 0.558. The van der Waals surface area contributed by atoms with Crippen molar-refractivity contribution in [2.45, 2.75) is 33.3 Å². The molecule has 0 spiro atoms. The number of anilines is 1. The summed E-state index contributed by atoms with van der Waals surface area (Å²) in [5.74, 6) is 1.99. The van der Waals surface area contributed by atoms with Crippen molar-refractivity contribution in [1.29, 1.82) is 0 Å². The summed E-state index contributed by atoms with van der Waals surface area (Å²) < 4.78 is 5.85. The van der Waals surface area contributed by atoms with Crippen molar-refractivity contribution in [2.24, 2.45) is 0 Å². The Hall–Kier alpha value is -1.55. The molecule has 0 radical (unpaired) electrons. The molecule has 0 atom stereocenters. The molecule has 4 heteroatoms. The number of thiazole rings is 1. The maximum Gasteiger partial charge on any atom is 0.140 e.